The van der Waals surface area contributed by atoms with Gasteiger partial charge in [-0.2, -0.15) is 0 Å². The van der Waals surface area contributed by atoms with Gasteiger partial charge in [0.05, 0.1) is 39.6 Å². The summed E-state index contributed by atoms with van der Waals surface area (Å²) in [5.41, 5.74) is 1.39. The van der Waals surface area contributed by atoms with Gasteiger partial charge in [0.15, 0.2) is 0 Å². The molecular weight excluding hydrogens is 334 g/mol. The van der Waals surface area contributed by atoms with Gasteiger partial charge in [-0.3, -0.25) is 0 Å². The van der Waals surface area contributed by atoms with Gasteiger partial charge in [0.25, 0.3) is 0 Å². The molecule has 2 aliphatic heterocycles. The number of nitrogens with zero attached hydrogens (tertiary/aromatic N) is 1. The molecule has 2 aliphatic rings. The minimum absolute atomic E-state index is 0.0338. The number of methoxy groups -OCH3 is 2. The van der Waals surface area contributed by atoms with Crippen molar-refractivity contribution in [3.8, 4) is 11.5 Å². The Kier molecular flexibility index (Phi) is 4.58. The standard InChI is InChI=1S/C20H23NO5/c1-23-16-7-3-5-14(9-16)18-21-19(15-6-4-8-17(10-15)24-2)26-13-20(21,11-22)12-25-18/h3-10,18-19,22H,11-13H2,1-2H3/t18-,19+,20-. The number of hydrogen-bond donors (Lipinski definition) is 1. The van der Waals surface area contributed by atoms with E-state index in [2.05, 4.69) is 4.90 Å². The highest BCUT2D eigenvalue weighted by molar-refractivity contribution is 5.34. The molecule has 2 fully saturated rings. The third kappa shape index (κ3) is 2.75. The molecule has 0 aliphatic carbocycles. The fourth-order valence-electron chi connectivity index (χ4n) is 3.72. The average molecular weight is 357 g/mol. The highest BCUT2D eigenvalue weighted by Crippen LogP contribution is 2.49. The van der Waals surface area contributed by atoms with Gasteiger partial charge >= 0.3 is 0 Å². The maximum Gasteiger partial charge on any atom is 0.139 e. The first-order valence-corrected chi connectivity index (χ1v) is 8.61. The maximum atomic E-state index is 10.1. The molecule has 3 atom stereocenters. The van der Waals surface area contributed by atoms with E-state index < -0.39 is 5.54 Å². The molecule has 2 aromatic carbocycles. The number of ether oxygens (including phenoxy) is 4. The zero-order valence-corrected chi connectivity index (χ0v) is 14.9. The molecule has 0 spiro atoms. The Morgan fingerprint density at radius 1 is 0.962 bits per heavy atom. The Labute approximate surface area is 152 Å². The van der Waals surface area contributed by atoms with Crippen LogP contribution < -0.4 is 9.47 Å². The summed E-state index contributed by atoms with van der Waals surface area (Å²) in [6.45, 7) is 0.783. The fraction of sp³-hybridized carbons (Fsp3) is 0.400. The molecule has 26 heavy (non-hydrogen) atoms. The molecule has 4 rings (SSSR count). The van der Waals surface area contributed by atoms with E-state index in [9.17, 15) is 5.11 Å². The van der Waals surface area contributed by atoms with Gasteiger partial charge in [-0.05, 0) is 35.4 Å². The molecule has 0 radical (unpaired) electrons. The number of rotatable bonds is 5. The Bertz CT molecular complexity index is 721. The van der Waals surface area contributed by atoms with Crippen LogP contribution in [0.5, 0.6) is 11.5 Å². The van der Waals surface area contributed by atoms with E-state index in [1.165, 1.54) is 0 Å². The zero-order chi connectivity index (χ0) is 18.1. The van der Waals surface area contributed by atoms with Crippen molar-refractivity contribution in [3.05, 3.63) is 59.7 Å². The van der Waals surface area contributed by atoms with Gasteiger partial charge in [-0.25, -0.2) is 4.90 Å². The number of fused-ring (bicyclic) bond motifs is 1. The van der Waals surface area contributed by atoms with Crippen LogP contribution in [-0.4, -0.2) is 49.6 Å². The second-order valence-electron chi connectivity index (χ2n) is 6.67. The van der Waals surface area contributed by atoms with Crippen molar-refractivity contribution in [2.45, 2.75) is 18.0 Å². The zero-order valence-electron chi connectivity index (χ0n) is 14.9. The van der Waals surface area contributed by atoms with Gasteiger partial charge in [0.1, 0.15) is 24.0 Å². The molecule has 0 amide bonds. The summed E-state index contributed by atoms with van der Waals surface area (Å²) in [6, 6.07) is 15.6. The number of aliphatic hydroxyl groups is 1. The van der Waals surface area contributed by atoms with E-state index in [0.29, 0.717) is 13.2 Å². The highest BCUT2D eigenvalue weighted by Gasteiger charge is 2.56. The average Bonchev–Trinajstić information content (AvgIpc) is 3.25. The van der Waals surface area contributed by atoms with Crippen LogP contribution in [0.2, 0.25) is 0 Å². The monoisotopic (exact) mass is 357 g/mol. The van der Waals surface area contributed by atoms with Crippen LogP contribution in [0, 0.1) is 0 Å². The van der Waals surface area contributed by atoms with Gasteiger partial charge in [0.2, 0.25) is 0 Å². The third-order valence-electron chi connectivity index (χ3n) is 5.12. The van der Waals surface area contributed by atoms with Crippen LogP contribution >= 0.6 is 0 Å². The van der Waals surface area contributed by atoms with Crippen LogP contribution in [0.25, 0.3) is 0 Å². The molecular formula is C20H23NO5. The normalized spacial score (nSPS) is 28.1. The first-order valence-electron chi connectivity index (χ1n) is 8.61. The third-order valence-corrected chi connectivity index (χ3v) is 5.12. The molecule has 2 heterocycles. The van der Waals surface area contributed by atoms with Gasteiger partial charge in [-0.1, -0.05) is 24.3 Å². The number of hydrogen-bond acceptors (Lipinski definition) is 6. The topological polar surface area (TPSA) is 60.4 Å². The summed E-state index contributed by atoms with van der Waals surface area (Å²) in [5.74, 6) is 1.54. The number of aliphatic hydroxyl groups excluding tert-OH is 1. The van der Waals surface area contributed by atoms with Crippen molar-refractivity contribution in [1.29, 1.82) is 0 Å². The van der Waals surface area contributed by atoms with Crippen molar-refractivity contribution in [3.63, 3.8) is 0 Å². The lowest BCUT2D eigenvalue weighted by Gasteiger charge is -2.33. The van der Waals surface area contributed by atoms with Gasteiger partial charge in [-0.15, -0.1) is 0 Å². The van der Waals surface area contributed by atoms with Crippen molar-refractivity contribution in [2.75, 3.05) is 34.0 Å². The smallest absolute Gasteiger partial charge is 0.139 e. The predicted octanol–water partition coefficient (Wildman–Crippen LogP) is 2.49. The Balaban J connectivity index is 1.73. The molecule has 1 N–H and O–H groups in total. The van der Waals surface area contributed by atoms with E-state index in [1.807, 2.05) is 48.5 Å². The lowest BCUT2D eigenvalue weighted by molar-refractivity contribution is -0.0631. The minimum Gasteiger partial charge on any atom is -0.497 e. The Morgan fingerprint density at radius 3 is 1.88 bits per heavy atom. The van der Waals surface area contributed by atoms with Crippen LogP contribution in [-0.2, 0) is 9.47 Å². The van der Waals surface area contributed by atoms with Crippen molar-refractivity contribution in [1.82, 2.24) is 4.90 Å². The molecule has 0 unspecified atom stereocenters. The van der Waals surface area contributed by atoms with E-state index in [1.54, 1.807) is 14.2 Å². The molecule has 0 aromatic heterocycles. The van der Waals surface area contributed by atoms with Crippen molar-refractivity contribution in [2.24, 2.45) is 0 Å². The van der Waals surface area contributed by atoms with Crippen molar-refractivity contribution < 1.29 is 24.1 Å². The second-order valence-corrected chi connectivity index (χ2v) is 6.67. The summed E-state index contributed by atoms with van der Waals surface area (Å²) in [6.07, 6.45) is -0.646. The van der Waals surface area contributed by atoms with Crippen LogP contribution in [0.4, 0.5) is 0 Å². The Morgan fingerprint density at radius 2 is 1.46 bits per heavy atom. The summed E-state index contributed by atoms with van der Waals surface area (Å²) < 4.78 is 22.9. The van der Waals surface area contributed by atoms with Crippen LogP contribution in [0.1, 0.15) is 23.6 Å². The lowest BCUT2D eigenvalue weighted by Crippen LogP contribution is -2.47. The molecule has 2 aromatic rings. The summed E-state index contributed by atoms with van der Waals surface area (Å²) in [5, 5.41) is 10.1. The molecule has 6 nitrogen and oxygen atoms in total. The predicted molar refractivity (Wildman–Crippen MR) is 95.0 cm³/mol. The SMILES string of the molecule is COc1cccc([C@H]2OC[C@]3(CO)CO[C@@H](c4cccc(OC)c4)N23)c1. The largest absolute Gasteiger partial charge is 0.497 e. The Hall–Kier alpha value is -2.12. The lowest BCUT2D eigenvalue weighted by atomic mass is 10.0. The minimum atomic E-state index is -0.554. The van der Waals surface area contributed by atoms with Gasteiger partial charge in [0, 0.05) is 0 Å². The van der Waals surface area contributed by atoms with E-state index in [0.717, 1.165) is 22.6 Å². The molecule has 6 heteroatoms. The molecule has 0 saturated carbocycles. The quantitative estimate of drug-likeness (QED) is 0.887. The fourth-order valence-corrected chi connectivity index (χ4v) is 3.72. The number of benzene rings is 2. The van der Waals surface area contributed by atoms with E-state index >= 15 is 0 Å². The molecule has 2 saturated heterocycles. The van der Waals surface area contributed by atoms with Crippen LogP contribution in [0.3, 0.4) is 0 Å². The summed E-state index contributed by atoms with van der Waals surface area (Å²) in [4.78, 5) is 2.12. The first kappa shape index (κ1) is 17.3. The van der Waals surface area contributed by atoms with E-state index in [-0.39, 0.29) is 19.1 Å². The maximum absolute atomic E-state index is 10.1. The molecule has 138 valence electrons. The first-order chi connectivity index (χ1) is 12.7. The summed E-state index contributed by atoms with van der Waals surface area (Å²) in [7, 11) is 3.29. The molecule has 0 bridgehead atoms. The summed E-state index contributed by atoms with van der Waals surface area (Å²) >= 11 is 0. The second kappa shape index (κ2) is 6.89. The van der Waals surface area contributed by atoms with E-state index in [4.69, 9.17) is 18.9 Å². The van der Waals surface area contributed by atoms with Crippen molar-refractivity contribution >= 4 is 0 Å². The van der Waals surface area contributed by atoms with Crippen LogP contribution in [0.15, 0.2) is 48.5 Å². The van der Waals surface area contributed by atoms with Gasteiger partial charge < -0.3 is 24.1 Å². The highest BCUT2D eigenvalue weighted by atomic mass is 16.6.